The number of fused-ring (bicyclic) bond motifs is 6. The monoisotopic (exact) mass is 1220 g/mol. The second-order valence-corrected chi connectivity index (χ2v) is 23.3. The summed E-state index contributed by atoms with van der Waals surface area (Å²) in [6.07, 6.45) is 7.42. The third-order valence-electron chi connectivity index (χ3n) is 16.1. The van der Waals surface area contributed by atoms with Crippen molar-refractivity contribution in [2.45, 2.75) is 119 Å². The summed E-state index contributed by atoms with van der Waals surface area (Å²) in [4.78, 5) is 96.3. The SMILES string of the molecule is C.C=c1nc2c(c(=O)[nH]1)=Nc1cc(C)c(C3CC3)cc1N2CCCc1ccccc1.Cc1cc2nc3c(=O)[nH]c(=O)nc-3n(CCCc3ccc(Cl)c(Cl)c3)c2cc1C.Cc1cc2nc3c(=O)[nH]c(=O)nc-3n(CCCc3ccc(F)c(C)c3)c2cc1C. The normalized spacial score (nSPS) is 12.4. The number of aromatic nitrogens is 10. The third kappa shape index (κ3) is 13.3. The lowest BCUT2D eigenvalue weighted by molar-refractivity contribution is 0.615. The first-order valence-corrected chi connectivity index (χ1v) is 29.7. The highest BCUT2D eigenvalue weighted by Crippen LogP contribution is 2.46. The van der Waals surface area contributed by atoms with Crippen LogP contribution >= 0.6 is 23.2 Å². The van der Waals surface area contributed by atoms with Gasteiger partial charge in [-0.05, 0) is 209 Å². The van der Waals surface area contributed by atoms with Crippen LogP contribution in [0.2, 0.25) is 10.0 Å². The Hall–Kier alpha value is -9.26. The summed E-state index contributed by atoms with van der Waals surface area (Å²) in [7, 11) is 0. The van der Waals surface area contributed by atoms with Crippen molar-refractivity contribution in [2.75, 3.05) is 11.4 Å². The molecule has 6 heterocycles. The molecule has 0 saturated heterocycles. The van der Waals surface area contributed by atoms with Gasteiger partial charge in [-0.3, -0.25) is 24.4 Å². The highest BCUT2D eigenvalue weighted by molar-refractivity contribution is 6.42. The van der Waals surface area contributed by atoms with Crippen molar-refractivity contribution in [3.63, 3.8) is 0 Å². The number of hydrogen-bond acceptors (Lipinski definition) is 12. The lowest BCUT2D eigenvalue weighted by Gasteiger charge is -2.29. The van der Waals surface area contributed by atoms with Gasteiger partial charge in [0, 0.05) is 19.6 Å². The van der Waals surface area contributed by atoms with Gasteiger partial charge in [0.2, 0.25) is 0 Å². The first-order valence-electron chi connectivity index (χ1n) is 28.9. The van der Waals surface area contributed by atoms with Crippen LogP contribution in [0.5, 0.6) is 0 Å². The number of hydrogen-bond donors (Lipinski definition) is 3. The van der Waals surface area contributed by atoms with E-state index in [1.54, 1.807) is 19.1 Å². The quantitative estimate of drug-likeness (QED) is 0.0921. The molecule has 0 bridgehead atoms. The number of rotatable bonds is 13. The van der Waals surface area contributed by atoms with Gasteiger partial charge in [-0.2, -0.15) is 9.97 Å². The van der Waals surface area contributed by atoms with Crippen molar-refractivity contribution in [1.29, 1.82) is 0 Å². The Bertz CT molecular complexity index is 4660. The van der Waals surface area contributed by atoms with Gasteiger partial charge in [-0.1, -0.05) is 85.7 Å². The van der Waals surface area contributed by atoms with Crippen LogP contribution in [-0.4, -0.2) is 55.6 Å². The van der Waals surface area contributed by atoms with Gasteiger partial charge in [0.25, 0.3) is 16.7 Å². The maximum Gasteiger partial charge on any atom is 0.349 e. The zero-order valence-corrected chi connectivity index (χ0v) is 50.6. The average molecular weight is 1220 g/mol. The predicted octanol–water partition coefficient (Wildman–Crippen LogP) is 11.5. The molecular weight excluding hydrogens is 1150 g/mol. The zero-order valence-electron chi connectivity index (χ0n) is 49.1. The summed E-state index contributed by atoms with van der Waals surface area (Å²) >= 11 is 12.1. The first kappa shape index (κ1) is 61.8. The van der Waals surface area contributed by atoms with E-state index in [1.165, 1.54) is 35.6 Å². The third-order valence-corrected chi connectivity index (χ3v) is 16.9. The Morgan fingerprint density at radius 2 is 1.08 bits per heavy atom. The van der Waals surface area contributed by atoms with Crippen LogP contribution < -0.4 is 43.8 Å². The van der Waals surface area contributed by atoms with E-state index in [0.717, 1.165) is 101 Å². The molecule has 5 aliphatic heterocycles. The van der Waals surface area contributed by atoms with E-state index in [-0.39, 0.29) is 36.0 Å². The largest absolute Gasteiger partial charge is 0.349 e. The van der Waals surface area contributed by atoms with Crippen molar-refractivity contribution in [3.05, 3.63) is 237 Å². The topological polar surface area (TPSA) is 223 Å². The highest BCUT2D eigenvalue weighted by Gasteiger charge is 2.30. The lowest BCUT2D eigenvalue weighted by atomic mass is 10.0. The Balaban J connectivity index is 0.000000145. The van der Waals surface area contributed by atoms with Gasteiger partial charge in [-0.15, -0.1) is 0 Å². The highest BCUT2D eigenvalue weighted by atomic mass is 35.5. The smallest absolute Gasteiger partial charge is 0.322 e. The lowest BCUT2D eigenvalue weighted by Crippen LogP contribution is -2.42. The van der Waals surface area contributed by atoms with E-state index in [0.29, 0.717) is 68.1 Å². The van der Waals surface area contributed by atoms with Crippen molar-refractivity contribution in [3.8, 4) is 23.0 Å². The van der Waals surface area contributed by atoms with Gasteiger partial charge in [-0.25, -0.2) is 33.9 Å². The summed E-state index contributed by atoms with van der Waals surface area (Å²) < 4.78 is 17.3. The van der Waals surface area contributed by atoms with Crippen LogP contribution in [0.1, 0.15) is 101 Å². The molecule has 88 heavy (non-hydrogen) atoms. The molecule has 7 aromatic rings. The first-order chi connectivity index (χ1) is 41.8. The summed E-state index contributed by atoms with van der Waals surface area (Å²) in [5.41, 5.74) is 14.0. The number of aryl methyl sites for hydroxylation is 11. The Morgan fingerprint density at radius 1 is 0.545 bits per heavy atom. The molecular formula is C68H67Cl2FN12O5. The predicted molar refractivity (Wildman–Crippen MR) is 348 cm³/mol. The number of anilines is 2. The summed E-state index contributed by atoms with van der Waals surface area (Å²) in [5, 5.41) is 1.42. The van der Waals surface area contributed by atoms with E-state index in [4.69, 9.17) is 23.2 Å². The Kier molecular flexibility index (Phi) is 18.3. The second-order valence-electron chi connectivity index (χ2n) is 22.5. The molecule has 6 aromatic carbocycles. The maximum atomic E-state index is 13.5. The number of aromatic amines is 3. The van der Waals surface area contributed by atoms with Crippen LogP contribution in [0.25, 0.3) is 51.7 Å². The minimum atomic E-state index is -0.685. The summed E-state index contributed by atoms with van der Waals surface area (Å²) in [6, 6.07) is 33.4. The van der Waals surface area contributed by atoms with E-state index in [1.807, 2.05) is 85.4 Å². The van der Waals surface area contributed by atoms with Crippen molar-refractivity contribution in [2.24, 2.45) is 4.99 Å². The molecule has 0 amide bonds. The number of nitrogens with zero attached hydrogens (tertiary/aromatic N) is 9. The fourth-order valence-corrected chi connectivity index (χ4v) is 11.5. The standard InChI is InChI=1S/C24H24N4O.C22H21FN4O2.C21H18Cl2N4O2.CH4/c1-15-13-20-21(14-19(15)18-10-11-18)28(12-6-9-17-7-4-3-5-8-17)23-22(27-20)24(29)26-16(2)25-23;1-12-10-17-18(11-13(12)2)27(20-19(24-17)21(28)26-22(29)25-20)8-4-5-15-6-7-16(23)14(3)9-15;1-11-8-16-17(9-12(11)2)27(19-18(24-16)20(28)26-21(29)25-19)7-3-4-13-5-6-14(22)15(23)10-13;/h3-5,7-8,13-14,18H,2,6,9-12H2,1H3,(H,26,29);6-7,9-11H,4-5,8H2,1-3H3,(H,26,28,29);5-6,8-10H,3-4,7H2,1-2H3,(H,26,28,29);1H4. The van der Waals surface area contributed by atoms with Gasteiger partial charge < -0.3 is 19.0 Å². The molecule has 0 atom stereocenters. The number of nitrogens with one attached hydrogen (secondary N) is 3. The second kappa shape index (κ2) is 26.0. The molecule has 3 N–H and O–H groups in total. The molecule has 0 spiro atoms. The Morgan fingerprint density at radius 3 is 1.64 bits per heavy atom. The molecule has 1 saturated carbocycles. The fraction of sp³-hybridized carbons (Fsp3) is 0.279. The number of halogens is 3. The minimum Gasteiger partial charge on any atom is -0.322 e. The van der Waals surface area contributed by atoms with Crippen molar-refractivity contribution < 1.29 is 4.39 Å². The van der Waals surface area contributed by atoms with Gasteiger partial charge >= 0.3 is 11.4 Å². The van der Waals surface area contributed by atoms with E-state index in [9.17, 15) is 28.4 Å². The molecule has 0 radical (unpaired) electrons. The van der Waals surface area contributed by atoms with Crippen LogP contribution in [0.4, 0.5) is 21.6 Å². The van der Waals surface area contributed by atoms with Crippen LogP contribution in [0.3, 0.4) is 0 Å². The number of H-pyrrole nitrogens is 3. The van der Waals surface area contributed by atoms with E-state index in [2.05, 4.69) is 99.7 Å². The molecule has 17 nitrogen and oxygen atoms in total. The maximum absolute atomic E-state index is 13.5. The van der Waals surface area contributed by atoms with Gasteiger partial charge in [0.05, 0.1) is 43.5 Å². The molecule has 13 rings (SSSR count). The molecule has 450 valence electrons. The molecule has 20 heteroatoms. The van der Waals surface area contributed by atoms with Crippen LogP contribution in [0, 0.1) is 47.4 Å². The Labute approximate surface area is 516 Å². The molecule has 1 aromatic heterocycles. The van der Waals surface area contributed by atoms with Crippen LogP contribution in [0.15, 0.2) is 132 Å². The van der Waals surface area contributed by atoms with Gasteiger partial charge in [0.1, 0.15) is 11.3 Å². The summed E-state index contributed by atoms with van der Waals surface area (Å²) in [5.74, 6) is 1.63. The molecule has 0 unspecified atom stereocenters. The molecule has 1 fully saturated rings. The zero-order chi connectivity index (χ0) is 61.4. The van der Waals surface area contributed by atoms with Gasteiger partial charge in [0.15, 0.2) is 34.2 Å². The van der Waals surface area contributed by atoms with Crippen molar-refractivity contribution in [1.82, 2.24) is 49.0 Å². The van der Waals surface area contributed by atoms with E-state index < -0.39 is 22.5 Å². The van der Waals surface area contributed by atoms with E-state index >= 15 is 0 Å². The van der Waals surface area contributed by atoms with Crippen molar-refractivity contribution >= 4 is 69.0 Å². The minimum absolute atomic E-state index is 0. The molecule has 1 aliphatic carbocycles. The summed E-state index contributed by atoms with van der Waals surface area (Å²) in [6.45, 7) is 17.6. The average Bonchev–Trinajstić information content (AvgIpc) is 1.06. The fourth-order valence-electron chi connectivity index (χ4n) is 11.2. The molecule has 6 aliphatic rings. The van der Waals surface area contributed by atoms with Crippen LogP contribution in [-0.2, 0) is 32.4 Å². The number of benzene rings is 6.